The normalized spacial score (nSPS) is 23.2. The van der Waals surface area contributed by atoms with E-state index in [9.17, 15) is 4.79 Å². The van der Waals surface area contributed by atoms with Crippen molar-refractivity contribution in [2.75, 3.05) is 25.1 Å². The average molecular weight is 252 g/mol. The summed E-state index contributed by atoms with van der Waals surface area (Å²) >= 11 is 0. The van der Waals surface area contributed by atoms with Crippen molar-refractivity contribution in [1.82, 2.24) is 15.5 Å². The molecule has 100 valence electrons. The van der Waals surface area contributed by atoms with Gasteiger partial charge in [-0.2, -0.15) is 5.10 Å². The van der Waals surface area contributed by atoms with E-state index < -0.39 is 0 Å². The molecule has 0 aromatic carbocycles. The number of aromatic amines is 1. The molecule has 0 aliphatic carbocycles. The Hall–Kier alpha value is -1.40. The van der Waals surface area contributed by atoms with Crippen molar-refractivity contribution < 1.29 is 9.53 Å². The van der Waals surface area contributed by atoms with E-state index in [0.29, 0.717) is 19.0 Å². The fraction of sp³-hybridized carbons (Fsp3) is 0.667. The minimum atomic E-state index is -0.145. The molecule has 1 amide bonds. The first kappa shape index (κ1) is 13.0. The highest BCUT2D eigenvalue weighted by molar-refractivity contribution is 5.92. The molecule has 2 atom stereocenters. The Morgan fingerprint density at radius 2 is 2.44 bits per heavy atom. The number of hydrogen-bond donors (Lipinski definition) is 3. The molecular weight excluding hydrogens is 232 g/mol. The summed E-state index contributed by atoms with van der Waals surface area (Å²) in [5.41, 5.74) is 0.925. The molecule has 1 aliphatic heterocycles. The highest BCUT2D eigenvalue weighted by Gasteiger charge is 2.33. The van der Waals surface area contributed by atoms with Crippen LogP contribution < -0.4 is 10.6 Å². The predicted octanol–water partition coefficient (Wildman–Crippen LogP) is 0.671. The topological polar surface area (TPSA) is 79.0 Å². The smallest absolute Gasteiger partial charge is 0.232 e. The molecular formula is C12H20N4O2. The van der Waals surface area contributed by atoms with E-state index in [2.05, 4.69) is 27.8 Å². The lowest BCUT2D eigenvalue weighted by atomic mass is 10.0. The summed E-state index contributed by atoms with van der Waals surface area (Å²) in [6.45, 7) is 5.96. The molecule has 3 N–H and O–H groups in total. The number of rotatable bonds is 5. The lowest BCUT2D eigenvalue weighted by Gasteiger charge is -2.17. The molecule has 1 aromatic heterocycles. The van der Waals surface area contributed by atoms with Crippen LogP contribution in [0, 0.1) is 12.8 Å². The molecule has 1 aliphatic rings. The summed E-state index contributed by atoms with van der Waals surface area (Å²) < 4.78 is 5.38. The third-order valence-electron chi connectivity index (χ3n) is 3.03. The van der Waals surface area contributed by atoms with Crippen LogP contribution in [0.15, 0.2) is 6.07 Å². The molecule has 0 saturated carbocycles. The van der Waals surface area contributed by atoms with Gasteiger partial charge in [0, 0.05) is 17.8 Å². The standard InChI is InChI=1S/C12H20N4O2/c1-3-4-13-10-7-18-6-9(10)12(17)14-11-5-8(2)15-16-11/h5,9-10,13H,3-4,6-7H2,1-2H3,(H2,14,15,16,17). The lowest BCUT2D eigenvalue weighted by molar-refractivity contribution is -0.120. The van der Waals surface area contributed by atoms with Crippen molar-refractivity contribution in [2.45, 2.75) is 26.3 Å². The van der Waals surface area contributed by atoms with Gasteiger partial charge >= 0.3 is 0 Å². The van der Waals surface area contributed by atoms with Gasteiger partial charge in [-0.05, 0) is 19.9 Å². The van der Waals surface area contributed by atoms with Crippen LogP contribution in [0.1, 0.15) is 19.0 Å². The lowest BCUT2D eigenvalue weighted by Crippen LogP contribution is -2.41. The number of H-pyrrole nitrogens is 1. The Kier molecular flexibility index (Phi) is 4.33. The predicted molar refractivity (Wildman–Crippen MR) is 68.3 cm³/mol. The molecule has 1 saturated heterocycles. The fourth-order valence-electron chi connectivity index (χ4n) is 2.04. The number of nitrogens with one attached hydrogen (secondary N) is 3. The molecule has 0 spiro atoms. The molecule has 2 rings (SSSR count). The number of aromatic nitrogens is 2. The quantitative estimate of drug-likeness (QED) is 0.719. The van der Waals surface area contributed by atoms with Crippen LogP contribution in [-0.2, 0) is 9.53 Å². The number of amides is 1. The van der Waals surface area contributed by atoms with Gasteiger partial charge in [0.25, 0.3) is 0 Å². The molecule has 6 nitrogen and oxygen atoms in total. The maximum Gasteiger partial charge on any atom is 0.232 e. The van der Waals surface area contributed by atoms with E-state index in [1.807, 2.05) is 13.0 Å². The summed E-state index contributed by atoms with van der Waals surface area (Å²) in [5, 5.41) is 12.9. The maximum atomic E-state index is 12.1. The fourth-order valence-corrected chi connectivity index (χ4v) is 2.04. The van der Waals surface area contributed by atoms with Gasteiger partial charge in [-0.3, -0.25) is 9.89 Å². The van der Waals surface area contributed by atoms with Crippen molar-refractivity contribution in [3.05, 3.63) is 11.8 Å². The van der Waals surface area contributed by atoms with E-state index >= 15 is 0 Å². The molecule has 18 heavy (non-hydrogen) atoms. The summed E-state index contributed by atoms with van der Waals surface area (Å²) in [4.78, 5) is 12.1. The number of carbonyl (C=O) groups excluding carboxylic acids is 1. The van der Waals surface area contributed by atoms with Crippen molar-refractivity contribution in [1.29, 1.82) is 0 Å². The second-order valence-corrected chi connectivity index (χ2v) is 4.63. The van der Waals surface area contributed by atoms with Crippen LogP contribution in [0.5, 0.6) is 0 Å². The van der Waals surface area contributed by atoms with Crippen LogP contribution in [0.2, 0.25) is 0 Å². The highest BCUT2D eigenvalue weighted by Crippen LogP contribution is 2.16. The zero-order valence-electron chi connectivity index (χ0n) is 10.8. The van der Waals surface area contributed by atoms with E-state index in [0.717, 1.165) is 18.7 Å². The van der Waals surface area contributed by atoms with Crippen LogP contribution in [0.4, 0.5) is 5.82 Å². The first-order valence-electron chi connectivity index (χ1n) is 6.34. The summed E-state index contributed by atoms with van der Waals surface area (Å²) in [6, 6.07) is 1.91. The summed E-state index contributed by atoms with van der Waals surface area (Å²) in [5.74, 6) is 0.389. The van der Waals surface area contributed by atoms with Gasteiger partial charge < -0.3 is 15.4 Å². The molecule has 1 fully saturated rings. The molecule has 0 bridgehead atoms. The number of aryl methyl sites for hydroxylation is 1. The number of ether oxygens (including phenoxy) is 1. The first-order chi connectivity index (χ1) is 8.70. The van der Waals surface area contributed by atoms with Gasteiger partial charge in [0.15, 0.2) is 5.82 Å². The monoisotopic (exact) mass is 252 g/mol. The van der Waals surface area contributed by atoms with Crippen molar-refractivity contribution in [2.24, 2.45) is 5.92 Å². The van der Waals surface area contributed by atoms with Crippen LogP contribution >= 0.6 is 0 Å². The largest absolute Gasteiger partial charge is 0.379 e. The molecule has 2 unspecified atom stereocenters. The number of hydrogen-bond acceptors (Lipinski definition) is 4. The van der Waals surface area contributed by atoms with Gasteiger partial charge in [-0.15, -0.1) is 0 Å². The SMILES string of the molecule is CCCNC1COCC1C(=O)Nc1cc(C)[nH]n1. The molecule has 2 heterocycles. The minimum Gasteiger partial charge on any atom is -0.379 e. The van der Waals surface area contributed by atoms with E-state index in [1.54, 1.807) is 0 Å². The zero-order chi connectivity index (χ0) is 13.0. The third-order valence-corrected chi connectivity index (χ3v) is 3.03. The zero-order valence-corrected chi connectivity index (χ0v) is 10.8. The second-order valence-electron chi connectivity index (χ2n) is 4.63. The Labute approximate surface area is 106 Å². The Morgan fingerprint density at radius 1 is 1.61 bits per heavy atom. The minimum absolute atomic E-state index is 0.0346. The molecule has 1 aromatic rings. The van der Waals surface area contributed by atoms with Crippen molar-refractivity contribution in [3.63, 3.8) is 0 Å². The van der Waals surface area contributed by atoms with Gasteiger partial charge in [-0.1, -0.05) is 6.92 Å². The Bertz CT molecular complexity index is 405. The number of nitrogens with zero attached hydrogens (tertiary/aromatic N) is 1. The maximum absolute atomic E-state index is 12.1. The van der Waals surface area contributed by atoms with Crippen LogP contribution in [-0.4, -0.2) is 41.9 Å². The van der Waals surface area contributed by atoms with E-state index in [1.165, 1.54) is 0 Å². The van der Waals surface area contributed by atoms with E-state index in [4.69, 9.17) is 4.74 Å². The van der Waals surface area contributed by atoms with Gasteiger partial charge in [0.1, 0.15) is 0 Å². The highest BCUT2D eigenvalue weighted by atomic mass is 16.5. The summed E-state index contributed by atoms with van der Waals surface area (Å²) in [7, 11) is 0. The van der Waals surface area contributed by atoms with Gasteiger partial charge in [0.2, 0.25) is 5.91 Å². The number of anilines is 1. The summed E-state index contributed by atoms with van der Waals surface area (Å²) in [6.07, 6.45) is 1.05. The Morgan fingerprint density at radius 3 is 3.11 bits per heavy atom. The average Bonchev–Trinajstić information content (AvgIpc) is 2.95. The van der Waals surface area contributed by atoms with Crippen LogP contribution in [0.25, 0.3) is 0 Å². The van der Waals surface area contributed by atoms with Gasteiger partial charge in [-0.25, -0.2) is 0 Å². The van der Waals surface area contributed by atoms with Crippen molar-refractivity contribution in [3.8, 4) is 0 Å². The van der Waals surface area contributed by atoms with Crippen LogP contribution in [0.3, 0.4) is 0 Å². The Balaban J connectivity index is 1.91. The second kappa shape index (κ2) is 5.97. The van der Waals surface area contributed by atoms with E-state index in [-0.39, 0.29) is 17.9 Å². The number of carbonyl (C=O) groups is 1. The van der Waals surface area contributed by atoms with Crippen molar-refractivity contribution >= 4 is 11.7 Å². The molecule has 0 radical (unpaired) electrons. The molecule has 6 heteroatoms. The van der Waals surface area contributed by atoms with Gasteiger partial charge in [0.05, 0.1) is 19.1 Å². The first-order valence-corrected chi connectivity index (χ1v) is 6.34. The third kappa shape index (κ3) is 3.08.